The van der Waals surface area contributed by atoms with Crippen molar-refractivity contribution in [2.24, 2.45) is 0 Å². The predicted molar refractivity (Wildman–Crippen MR) is 67.7 cm³/mol. The largest absolute Gasteiger partial charge is 0.305 e. The third kappa shape index (κ3) is 3.14. The van der Waals surface area contributed by atoms with Gasteiger partial charge in [-0.2, -0.15) is 0 Å². The zero-order valence-electron chi connectivity index (χ0n) is 8.86. The number of halogens is 2. The van der Waals surface area contributed by atoms with Gasteiger partial charge in [-0.3, -0.25) is 0 Å². The topological polar surface area (TPSA) is 46.2 Å². The molecule has 1 N–H and O–H groups in total. The van der Waals surface area contributed by atoms with Crippen molar-refractivity contribution in [3.63, 3.8) is 0 Å². The first-order valence-electron chi connectivity index (χ1n) is 5.05. The fourth-order valence-corrected chi connectivity index (χ4v) is 3.30. The lowest BCUT2D eigenvalue weighted by Gasteiger charge is -2.11. The molecule has 1 heterocycles. The van der Waals surface area contributed by atoms with Crippen LogP contribution in [0.15, 0.2) is 34.2 Å². The van der Waals surface area contributed by atoms with E-state index in [1.165, 1.54) is 11.5 Å². The molecule has 0 radical (unpaired) electrons. The highest BCUT2D eigenvalue weighted by molar-refractivity contribution is 9.10. The summed E-state index contributed by atoms with van der Waals surface area (Å²) in [6.07, 6.45) is 1.61. The lowest BCUT2D eigenvalue weighted by molar-refractivity contribution is 0.585. The fraction of sp³-hybridized carbons (Fsp3) is 0.273. The molecule has 17 heavy (non-hydrogen) atoms. The van der Waals surface area contributed by atoms with Gasteiger partial charge < -0.3 is 5.32 Å². The summed E-state index contributed by atoms with van der Waals surface area (Å²) in [6.45, 7) is 0.420. The number of sulfone groups is 1. The van der Waals surface area contributed by atoms with Crippen LogP contribution in [0.1, 0.15) is 5.56 Å². The molecule has 1 aromatic carbocycles. The van der Waals surface area contributed by atoms with Gasteiger partial charge in [0.15, 0.2) is 9.84 Å². The summed E-state index contributed by atoms with van der Waals surface area (Å²) in [5, 5.41) is 4.27. The van der Waals surface area contributed by atoms with Gasteiger partial charge in [-0.1, -0.05) is 18.2 Å². The molecule has 6 heteroatoms. The Morgan fingerprint density at radius 2 is 2.24 bits per heavy atom. The average molecular weight is 320 g/mol. The molecule has 0 fully saturated rings. The van der Waals surface area contributed by atoms with Gasteiger partial charge in [0.1, 0.15) is 5.82 Å². The first-order valence-corrected chi connectivity index (χ1v) is 7.56. The average Bonchev–Trinajstić information content (AvgIpc) is 2.61. The molecule has 92 valence electrons. The minimum absolute atomic E-state index is 0.0694. The molecular weight excluding hydrogens is 309 g/mol. The maximum Gasteiger partial charge on any atom is 0.173 e. The smallest absolute Gasteiger partial charge is 0.173 e. The summed E-state index contributed by atoms with van der Waals surface area (Å²) in [5.74, 6) is -0.251. The fourth-order valence-electron chi connectivity index (χ4n) is 1.63. The number of nitrogens with one attached hydrogen (secondary N) is 1. The van der Waals surface area contributed by atoms with Gasteiger partial charge in [0.05, 0.1) is 10.2 Å². The van der Waals surface area contributed by atoms with E-state index in [1.807, 2.05) is 0 Å². The molecule has 0 saturated carbocycles. The van der Waals surface area contributed by atoms with Crippen LogP contribution in [-0.2, 0) is 16.4 Å². The van der Waals surface area contributed by atoms with Crippen LogP contribution in [0.4, 0.5) is 4.39 Å². The highest BCUT2D eigenvalue weighted by atomic mass is 79.9. The second-order valence-electron chi connectivity index (χ2n) is 3.86. The molecule has 0 bridgehead atoms. The quantitative estimate of drug-likeness (QED) is 0.926. The van der Waals surface area contributed by atoms with Crippen LogP contribution in [0.3, 0.4) is 0 Å². The van der Waals surface area contributed by atoms with Crippen molar-refractivity contribution in [1.82, 2.24) is 5.32 Å². The van der Waals surface area contributed by atoms with Gasteiger partial charge in [-0.25, -0.2) is 12.8 Å². The molecule has 1 atom stereocenters. The molecule has 1 aliphatic rings. The molecule has 0 amide bonds. The molecule has 0 aromatic heterocycles. The number of hydrogen-bond acceptors (Lipinski definition) is 3. The monoisotopic (exact) mass is 319 g/mol. The van der Waals surface area contributed by atoms with Gasteiger partial charge in [-0.05, 0) is 27.6 Å². The molecule has 1 unspecified atom stereocenters. The Hall–Kier alpha value is -0.720. The van der Waals surface area contributed by atoms with Gasteiger partial charge in [-0.15, -0.1) is 0 Å². The molecule has 1 aromatic rings. The van der Waals surface area contributed by atoms with Crippen LogP contribution in [0.25, 0.3) is 0 Å². The predicted octanol–water partition coefficient (Wildman–Crippen LogP) is 1.99. The van der Waals surface area contributed by atoms with Gasteiger partial charge >= 0.3 is 0 Å². The maximum atomic E-state index is 13.2. The van der Waals surface area contributed by atoms with Crippen molar-refractivity contribution < 1.29 is 12.8 Å². The lowest BCUT2D eigenvalue weighted by Crippen LogP contribution is -2.29. The van der Waals surface area contributed by atoms with E-state index in [2.05, 4.69) is 21.2 Å². The van der Waals surface area contributed by atoms with Crippen molar-refractivity contribution in [1.29, 1.82) is 0 Å². The Kier molecular flexibility index (Phi) is 3.65. The Morgan fingerprint density at radius 3 is 2.88 bits per heavy atom. The SMILES string of the molecule is O=S1(=O)C=CC(NCc2cccc(F)c2Br)C1. The Labute approximate surface area is 108 Å². The summed E-state index contributed by atoms with van der Waals surface area (Å²) in [4.78, 5) is 0. The molecule has 0 aliphatic carbocycles. The summed E-state index contributed by atoms with van der Waals surface area (Å²) >= 11 is 3.16. The zero-order chi connectivity index (χ0) is 12.5. The van der Waals surface area contributed by atoms with E-state index in [1.54, 1.807) is 18.2 Å². The van der Waals surface area contributed by atoms with Crippen molar-refractivity contribution in [3.05, 3.63) is 45.5 Å². The van der Waals surface area contributed by atoms with E-state index in [4.69, 9.17) is 0 Å². The standard InChI is InChI=1S/C11H11BrFNO2S/c12-11-8(2-1-3-10(11)13)6-14-9-4-5-17(15,16)7-9/h1-5,9,14H,6-7H2. The minimum atomic E-state index is -3.05. The second kappa shape index (κ2) is 4.88. The summed E-state index contributed by atoms with van der Waals surface area (Å²) in [7, 11) is -3.05. The third-order valence-electron chi connectivity index (χ3n) is 2.52. The van der Waals surface area contributed by atoms with Crippen molar-refractivity contribution in [3.8, 4) is 0 Å². The lowest BCUT2D eigenvalue weighted by atomic mass is 10.2. The Bertz CT molecular complexity index is 557. The van der Waals surface area contributed by atoms with Crippen LogP contribution in [0.5, 0.6) is 0 Å². The van der Waals surface area contributed by atoms with Crippen LogP contribution in [-0.4, -0.2) is 20.2 Å². The van der Waals surface area contributed by atoms with Crippen molar-refractivity contribution in [2.75, 3.05) is 5.75 Å². The third-order valence-corrected chi connectivity index (χ3v) is 4.80. The van der Waals surface area contributed by atoms with Crippen LogP contribution in [0, 0.1) is 5.82 Å². The van der Waals surface area contributed by atoms with E-state index in [0.29, 0.717) is 11.0 Å². The van der Waals surface area contributed by atoms with Crippen LogP contribution in [0.2, 0.25) is 0 Å². The van der Waals surface area contributed by atoms with Crippen LogP contribution < -0.4 is 5.32 Å². The van der Waals surface area contributed by atoms with E-state index in [0.717, 1.165) is 5.56 Å². The molecule has 0 spiro atoms. The molecule has 3 nitrogen and oxygen atoms in total. The highest BCUT2D eigenvalue weighted by Crippen LogP contribution is 2.20. The number of benzene rings is 1. The summed E-state index contributed by atoms with van der Waals surface area (Å²) < 4.78 is 36.0. The Balaban J connectivity index is 2.00. The van der Waals surface area contributed by atoms with Crippen molar-refractivity contribution >= 4 is 25.8 Å². The Morgan fingerprint density at radius 1 is 1.47 bits per heavy atom. The van der Waals surface area contributed by atoms with E-state index in [9.17, 15) is 12.8 Å². The van der Waals surface area contributed by atoms with E-state index in [-0.39, 0.29) is 17.6 Å². The number of rotatable bonds is 3. The highest BCUT2D eigenvalue weighted by Gasteiger charge is 2.21. The van der Waals surface area contributed by atoms with E-state index < -0.39 is 9.84 Å². The van der Waals surface area contributed by atoms with Crippen LogP contribution >= 0.6 is 15.9 Å². The molecule has 1 aliphatic heterocycles. The van der Waals surface area contributed by atoms with E-state index >= 15 is 0 Å². The maximum absolute atomic E-state index is 13.2. The van der Waals surface area contributed by atoms with Gasteiger partial charge in [0, 0.05) is 18.0 Å². The second-order valence-corrected chi connectivity index (χ2v) is 6.58. The van der Waals surface area contributed by atoms with Gasteiger partial charge in [0.2, 0.25) is 0 Å². The first-order chi connectivity index (χ1) is 7.98. The minimum Gasteiger partial charge on any atom is -0.305 e. The van der Waals surface area contributed by atoms with Crippen molar-refractivity contribution in [2.45, 2.75) is 12.6 Å². The zero-order valence-corrected chi connectivity index (χ0v) is 11.3. The summed E-state index contributed by atoms with van der Waals surface area (Å²) in [6, 6.07) is 4.58. The van der Waals surface area contributed by atoms with Gasteiger partial charge in [0.25, 0.3) is 0 Å². The first kappa shape index (κ1) is 12.7. The number of hydrogen-bond donors (Lipinski definition) is 1. The normalized spacial score (nSPS) is 21.9. The molecular formula is C11H11BrFNO2S. The molecule has 2 rings (SSSR count). The molecule has 0 saturated heterocycles. The summed E-state index contributed by atoms with van der Waals surface area (Å²) in [5.41, 5.74) is 0.766.